The number of rotatable bonds is 4. The van der Waals surface area contributed by atoms with E-state index in [0.717, 1.165) is 23.2 Å². The van der Waals surface area contributed by atoms with Gasteiger partial charge in [0.1, 0.15) is 5.76 Å². The smallest absolute Gasteiger partial charge is 0.352 e. The van der Waals surface area contributed by atoms with Crippen LogP contribution in [0.4, 0.5) is 0 Å². The second-order valence-corrected chi connectivity index (χ2v) is 5.35. The number of fused-ring (bicyclic) bond motifs is 1. The molecule has 120 valence electrons. The van der Waals surface area contributed by atoms with Gasteiger partial charge in [0.15, 0.2) is 17.3 Å². The molecule has 1 aromatic heterocycles. The molecule has 23 heavy (non-hydrogen) atoms. The SMILES string of the molecule is CCCCn1nc(-c2ccc(C)o2)nc2c(=O)n(C)c(=O)nc1-2. The molecule has 0 spiro atoms. The predicted octanol–water partition coefficient (Wildman–Crippen LogP) is 1.21. The lowest BCUT2D eigenvalue weighted by Crippen LogP contribution is -2.37. The first kappa shape index (κ1) is 15.1. The molecule has 0 radical (unpaired) electrons. The summed E-state index contributed by atoms with van der Waals surface area (Å²) in [5.41, 5.74) is -0.989. The Bertz CT molecular complexity index is 937. The van der Waals surface area contributed by atoms with Crippen LogP contribution in [0.1, 0.15) is 25.5 Å². The third-order valence-corrected chi connectivity index (χ3v) is 3.57. The summed E-state index contributed by atoms with van der Waals surface area (Å²) in [4.78, 5) is 32.4. The van der Waals surface area contributed by atoms with E-state index in [4.69, 9.17) is 4.42 Å². The minimum atomic E-state index is -0.613. The van der Waals surface area contributed by atoms with Crippen molar-refractivity contribution in [1.82, 2.24) is 24.3 Å². The fourth-order valence-corrected chi connectivity index (χ4v) is 2.25. The molecule has 0 saturated heterocycles. The van der Waals surface area contributed by atoms with Crippen LogP contribution in [0, 0.1) is 6.92 Å². The minimum absolute atomic E-state index is 0.113. The quantitative estimate of drug-likeness (QED) is 0.718. The summed E-state index contributed by atoms with van der Waals surface area (Å²) in [6.07, 6.45) is 1.79. The van der Waals surface area contributed by atoms with Crippen molar-refractivity contribution >= 4 is 0 Å². The molecular formula is C15H17N5O3. The Hall–Kier alpha value is -2.77. The third kappa shape index (κ3) is 2.67. The summed E-state index contributed by atoms with van der Waals surface area (Å²) in [5, 5.41) is 4.40. The maximum absolute atomic E-state index is 12.4. The Morgan fingerprint density at radius 2 is 2.00 bits per heavy atom. The average Bonchev–Trinajstić information content (AvgIpc) is 2.97. The van der Waals surface area contributed by atoms with Crippen molar-refractivity contribution in [2.75, 3.05) is 0 Å². The number of furan rings is 1. The van der Waals surface area contributed by atoms with Gasteiger partial charge in [0.25, 0.3) is 5.56 Å². The molecule has 2 aliphatic rings. The van der Waals surface area contributed by atoms with E-state index in [1.54, 1.807) is 16.8 Å². The largest absolute Gasteiger partial charge is 0.458 e. The molecule has 0 aliphatic carbocycles. The Morgan fingerprint density at radius 3 is 2.65 bits per heavy atom. The Kier molecular flexibility index (Phi) is 3.81. The van der Waals surface area contributed by atoms with Crippen LogP contribution in [0.2, 0.25) is 0 Å². The van der Waals surface area contributed by atoms with E-state index in [2.05, 4.69) is 15.1 Å². The predicted molar refractivity (Wildman–Crippen MR) is 83.3 cm³/mol. The van der Waals surface area contributed by atoms with E-state index >= 15 is 0 Å². The van der Waals surface area contributed by atoms with Gasteiger partial charge in [-0.3, -0.25) is 9.36 Å². The molecule has 8 heteroatoms. The molecule has 0 N–H and O–H groups in total. The van der Waals surface area contributed by atoms with Gasteiger partial charge in [-0.05, 0) is 25.5 Å². The van der Waals surface area contributed by atoms with Crippen LogP contribution in [0.3, 0.4) is 0 Å². The molecule has 0 unspecified atom stereocenters. The van der Waals surface area contributed by atoms with Gasteiger partial charge in [0.05, 0.1) is 0 Å². The molecule has 3 rings (SSSR count). The van der Waals surface area contributed by atoms with Gasteiger partial charge in [-0.25, -0.2) is 14.5 Å². The zero-order valence-corrected chi connectivity index (χ0v) is 13.2. The Balaban J connectivity index is 2.29. The summed E-state index contributed by atoms with van der Waals surface area (Å²) in [5.74, 6) is 1.71. The van der Waals surface area contributed by atoms with Crippen molar-refractivity contribution in [2.45, 2.75) is 33.2 Å². The normalized spacial score (nSPS) is 11.3. The van der Waals surface area contributed by atoms with Gasteiger partial charge >= 0.3 is 5.69 Å². The molecule has 3 heterocycles. The first-order valence-electron chi connectivity index (χ1n) is 7.44. The van der Waals surface area contributed by atoms with E-state index in [1.165, 1.54) is 7.05 Å². The number of aromatic nitrogens is 5. The molecule has 1 aromatic rings. The zero-order valence-electron chi connectivity index (χ0n) is 13.2. The lowest BCUT2D eigenvalue weighted by Gasteiger charge is -2.13. The Labute approximate surface area is 131 Å². The van der Waals surface area contributed by atoms with Crippen LogP contribution in [-0.4, -0.2) is 24.3 Å². The fourth-order valence-electron chi connectivity index (χ4n) is 2.25. The highest BCUT2D eigenvalue weighted by atomic mass is 16.3. The van der Waals surface area contributed by atoms with Gasteiger partial charge in [-0.1, -0.05) is 13.3 Å². The molecule has 2 aliphatic heterocycles. The average molecular weight is 315 g/mol. The van der Waals surface area contributed by atoms with E-state index < -0.39 is 11.2 Å². The van der Waals surface area contributed by atoms with Crippen LogP contribution >= 0.6 is 0 Å². The molecule has 8 nitrogen and oxygen atoms in total. The maximum atomic E-state index is 12.4. The van der Waals surface area contributed by atoms with Crippen LogP contribution in [0.15, 0.2) is 26.1 Å². The van der Waals surface area contributed by atoms with Crippen molar-refractivity contribution < 1.29 is 4.42 Å². The highest BCUT2D eigenvalue weighted by Gasteiger charge is 2.21. The zero-order chi connectivity index (χ0) is 16.6. The second kappa shape index (κ2) is 5.79. The monoisotopic (exact) mass is 315 g/mol. The maximum Gasteiger partial charge on any atom is 0.352 e. The van der Waals surface area contributed by atoms with Crippen molar-refractivity contribution in [2.24, 2.45) is 7.05 Å². The third-order valence-electron chi connectivity index (χ3n) is 3.57. The summed E-state index contributed by atoms with van der Waals surface area (Å²) in [6, 6.07) is 3.55. The van der Waals surface area contributed by atoms with E-state index in [-0.39, 0.29) is 11.5 Å². The summed E-state index contributed by atoms with van der Waals surface area (Å²) >= 11 is 0. The van der Waals surface area contributed by atoms with E-state index in [0.29, 0.717) is 18.1 Å². The van der Waals surface area contributed by atoms with Gasteiger partial charge in [-0.2, -0.15) is 4.98 Å². The first-order chi connectivity index (χ1) is 11.0. The first-order valence-corrected chi connectivity index (χ1v) is 7.44. The Morgan fingerprint density at radius 1 is 1.22 bits per heavy atom. The molecular weight excluding hydrogens is 298 g/mol. The van der Waals surface area contributed by atoms with E-state index in [9.17, 15) is 9.59 Å². The standard InChI is InChI=1S/C15H17N5O3/c1-4-5-8-20-13-11(14(21)19(3)15(22)17-13)16-12(18-20)10-7-6-9(2)23-10/h6-7H,4-5,8H2,1-3H3. The van der Waals surface area contributed by atoms with Crippen molar-refractivity contribution in [3.63, 3.8) is 0 Å². The van der Waals surface area contributed by atoms with Crippen LogP contribution < -0.4 is 11.2 Å². The van der Waals surface area contributed by atoms with Gasteiger partial charge in [0, 0.05) is 13.6 Å². The molecule has 0 saturated carbocycles. The lowest BCUT2D eigenvalue weighted by atomic mass is 10.3. The summed E-state index contributed by atoms with van der Waals surface area (Å²) < 4.78 is 8.04. The highest BCUT2D eigenvalue weighted by molar-refractivity contribution is 5.55. The number of hydrogen-bond acceptors (Lipinski definition) is 6. The van der Waals surface area contributed by atoms with Crippen LogP contribution in [0.5, 0.6) is 0 Å². The van der Waals surface area contributed by atoms with Gasteiger partial charge in [-0.15, -0.1) is 5.10 Å². The summed E-state index contributed by atoms with van der Waals surface area (Å²) in [6.45, 7) is 4.41. The molecule has 0 aromatic carbocycles. The number of hydrogen-bond donors (Lipinski definition) is 0. The van der Waals surface area contributed by atoms with Gasteiger partial charge in [0.2, 0.25) is 5.82 Å². The second-order valence-electron chi connectivity index (χ2n) is 5.35. The molecule has 0 fully saturated rings. The molecule has 0 amide bonds. The van der Waals surface area contributed by atoms with Crippen LogP contribution in [0.25, 0.3) is 23.1 Å². The minimum Gasteiger partial charge on any atom is -0.458 e. The van der Waals surface area contributed by atoms with Crippen LogP contribution in [-0.2, 0) is 13.6 Å². The van der Waals surface area contributed by atoms with Gasteiger partial charge < -0.3 is 4.42 Å². The molecule has 0 atom stereocenters. The topological polar surface area (TPSA) is 95.8 Å². The number of nitrogens with zero attached hydrogens (tertiary/aromatic N) is 5. The number of aryl methyl sites for hydroxylation is 2. The lowest BCUT2D eigenvalue weighted by molar-refractivity contribution is 0.521. The van der Waals surface area contributed by atoms with Crippen molar-refractivity contribution in [3.8, 4) is 23.1 Å². The van der Waals surface area contributed by atoms with Crippen molar-refractivity contribution in [1.29, 1.82) is 0 Å². The number of unbranched alkanes of at least 4 members (excludes halogenated alkanes) is 1. The van der Waals surface area contributed by atoms with E-state index in [1.807, 2.05) is 13.8 Å². The highest BCUT2D eigenvalue weighted by Crippen LogP contribution is 2.21. The fraction of sp³-hybridized carbons (Fsp3) is 0.400. The summed E-state index contributed by atoms with van der Waals surface area (Å²) in [7, 11) is 1.38. The van der Waals surface area contributed by atoms with Crippen molar-refractivity contribution in [3.05, 3.63) is 38.7 Å². The molecule has 0 bridgehead atoms.